The maximum Gasteiger partial charge on any atom is 0.188 e. The highest BCUT2D eigenvalue weighted by Crippen LogP contribution is 2.26. The van der Waals surface area contributed by atoms with Gasteiger partial charge in [-0.1, -0.05) is 17.7 Å². The minimum atomic E-state index is -0.123. The van der Waals surface area contributed by atoms with Crippen LogP contribution in [0.1, 0.15) is 17.3 Å². The molecule has 0 heterocycles. The van der Waals surface area contributed by atoms with Crippen molar-refractivity contribution in [2.45, 2.75) is 6.92 Å². The van der Waals surface area contributed by atoms with Gasteiger partial charge in [0.2, 0.25) is 0 Å². The Bertz CT molecular complexity index is 336. The third-order valence-corrected chi connectivity index (χ3v) is 1.97. The smallest absolute Gasteiger partial charge is 0.188 e. The van der Waals surface area contributed by atoms with Gasteiger partial charge in [-0.2, -0.15) is 0 Å². The maximum absolute atomic E-state index is 11.2. The molecule has 0 saturated carbocycles. The highest BCUT2D eigenvalue weighted by Gasteiger charge is 2.12. The Balaban J connectivity index is 3.02. The minimum Gasteiger partial charge on any atom is -0.467 e. The van der Waals surface area contributed by atoms with Crippen molar-refractivity contribution in [3.63, 3.8) is 0 Å². The molecule has 0 amide bonds. The number of hydrogen-bond acceptors (Lipinski definition) is 3. The molecule has 1 aromatic carbocycles. The molecular weight excluding hydrogens is 204 g/mol. The fourth-order valence-corrected chi connectivity index (χ4v) is 1.39. The molecule has 14 heavy (non-hydrogen) atoms. The Hall–Kier alpha value is -1.06. The van der Waals surface area contributed by atoms with Gasteiger partial charge in [0.1, 0.15) is 5.75 Å². The van der Waals surface area contributed by atoms with Crippen LogP contribution in [0.5, 0.6) is 5.75 Å². The molecule has 0 aliphatic heterocycles. The van der Waals surface area contributed by atoms with Gasteiger partial charge in [-0.15, -0.1) is 0 Å². The van der Waals surface area contributed by atoms with Gasteiger partial charge in [0, 0.05) is 7.11 Å². The Morgan fingerprint density at radius 3 is 2.79 bits per heavy atom. The largest absolute Gasteiger partial charge is 0.467 e. The van der Waals surface area contributed by atoms with Crippen molar-refractivity contribution in [2.75, 3.05) is 13.9 Å². The van der Waals surface area contributed by atoms with Crippen molar-refractivity contribution >= 4 is 17.4 Å². The molecule has 0 aliphatic rings. The predicted octanol–water partition coefficient (Wildman–Crippen LogP) is 2.53. The first-order valence-corrected chi connectivity index (χ1v) is 4.45. The van der Waals surface area contributed by atoms with E-state index in [9.17, 15) is 4.79 Å². The maximum atomic E-state index is 11.2. The van der Waals surface area contributed by atoms with Gasteiger partial charge in [0.25, 0.3) is 0 Å². The first-order chi connectivity index (χ1) is 6.66. The van der Waals surface area contributed by atoms with Crippen LogP contribution in [0.15, 0.2) is 18.2 Å². The molecule has 0 bridgehead atoms. The third kappa shape index (κ3) is 2.47. The van der Waals surface area contributed by atoms with Gasteiger partial charge in [-0.3, -0.25) is 4.79 Å². The average molecular weight is 215 g/mol. The summed E-state index contributed by atoms with van der Waals surface area (Å²) in [5.41, 5.74) is 0.395. The van der Waals surface area contributed by atoms with E-state index in [-0.39, 0.29) is 12.6 Å². The Morgan fingerprint density at radius 2 is 2.21 bits per heavy atom. The third-order valence-electron chi connectivity index (χ3n) is 1.66. The lowest BCUT2D eigenvalue weighted by molar-refractivity contribution is 0.0503. The molecule has 0 aromatic heterocycles. The number of carbonyl (C=O) groups is 1. The van der Waals surface area contributed by atoms with E-state index in [0.29, 0.717) is 16.3 Å². The Kier molecular flexibility index (Phi) is 3.92. The summed E-state index contributed by atoms with van der Waals surface area (Å²) < 4.78 is 9.94. The van der Waals surface area contributed by atoms with Crippen molar-refractivity contribution in [2.24, 2.45) is 0 Å². The number of methoxy groups -OCH3 is 1. The van der Waals surface area contributed by atoms with Crippen molar-refractivity contribution in [3.8, 4) is 5.75 Å². The number of benzene rings is 1. The van der Waals surface area contributed by atoms with Crippen molar-refractivity contribution in [1.29, 1.82) is 0 Å². The molecular formula is C10H11ClO3. The van der Waals surface area contributed by atoms with E-state index in [1.807, 2.05) is 0 Å². The number of carbonyl (C=O) groups excluding carboxylic acids is 1. The second kappa shape index (κ2) is 4.98. The molecule has 0 spiro atoms. The fraction of sp³-hybridized carbons (Fsp3) is 0.300. The lowest BCUT2D eigenvalue weighted by Gasteiger charge is -2.09. The number of Topliss-reactive ketones (excluding diaryl/α,β-unsaturated/α-hetero) is 1. The summed E-state index contributed by atoms with van der Waals surface area (Å²) in [6.45, 7) is 1.54. The van der Waals surface area contributed by atoms with Crippen LogP contribution >= 0.6 is 11.6 Å². The number of ether oxygens (including phenoxy) is 2. The van der Waals surface area contributed by atoms with Crippen LogP contribution in [0, 0.1) is 0 Å². The van der Waals surface area contributed by atoms with Crippen LogP contribution in [-0.2, 0) is 4.74 Å². The summed E-state index contributed by atoms with van der Waals surface area (Å²) in [6, 6.07) is 5.05. The molecule has 1 rings (SSSR count). The van der Waals surface area contributed by atoms with Crippen LogP contribution in [0.25, 0.3) is 0 Å². The van der Waals surface area contributed by atoms with Crippen LogP contribution < -0.4 is 4.74 Å². The summed E-state index contributed by atoms with van der Waals surface area (Å²) in [5.74, 6) is 0.327. The first kappa shape index (κ1) is 11.0. The summed E-state index contributed by atoms with van der Waals surface area (Å²) in [5, 5.41) is 0.395. The van der Waals surface area contributed by atoms with E-state index < -0.39 is 0 Å². The SMILES string of the molecule is COCOc1cccc(Cl)c1C(C)=O. The highest BCUT2D eigenvalue weighted by atomic mass is 35.5. The second-order valence-electron chi connectivity index (χ2n) is 2.72. The molecule has 1 aromatic rings. The van der Waals surface area contributed by atoms with Crippen LogP contribution in [0.4, 0.5) is 0 Å². The van der Waals surface area contributed by atoms with Gasteiger partial charge < -0.3 is 9.47 Å². The summed E-state index contributed by atoms with van der Waals surface area (Å²) >= 11 is 5.86. The van der Waals surface area contributed by atoms with Gasteiger partial charge in [-0.25, -0.2) is 0 Å². The standard InChI is InChI=1S/C10H11ClO3/c1-7(12)10-8(11)4-3-5-9(10)14-6-13-2/h3-5H,6H2,1-2H3. The molecule has 3 nitrogen and oxygen atoms in total. The van der Waals surface area contributed by atoms with Gasteiger partial charge in [0.15, 0.2) is 12.6 Å². The fourth-order valence-electron chi connectivity index (χ4n) is 1.09. The quantitative estimate of drug-likeness (QED) is 0.571. The van der Waals surface area contributed by atoms with Crippen molar-refractivity contribution in [3.05, 3.63) is 28.8 Å². The number of hydrogen-bond donors (Lipinski definition) is 0. The van der Waals surface area contributed by atoms with E-state index in [4.69, 9.17) is 21.1 Å². The zero-order chi connectivity index (χ0) is 10.6. The van der Waals surface area contributed by atoms with Crippen LogP contribution in [-0.4, -0.2) is 19.7 Å². The van der Waals surface area contributed by atoms with E-state index in [0.717, 1.165) is 0 Å². The van der Waals surface area contributed by atoms with Gasteiger partial charge in [0.05, 0.1) is 10.6 Å². The lowest BCUT2D eigenvalue weighted by atomic mass is 10.1. The first-order valence-electron chi connectivity index (χ1n) is 4.08. The highest BCUT2D eigenvalue weighted by molar-refractivity contribution is 6.34. The minimum absolute atomic E-state index is 0.0978. The molecule has 0 N–H and O–H groups in total. The molecule has 76 valence electrons. The summed E-state index contributed by atoms with van der Waals surface area (Å²) in [4.78, 5) is 11.2. The predicted molar refractivity (Wildman–Crippen MR) is 54.0 cm³/mol. The molecule has 0 aliphatic carbocycles. The number of halogens is 1. The zero-order valence-corrected chi connectivity index (χ0v) is 8.80. The zero-order valence-electron chi connectivity index (χ0n) is 8.04. The van der Waals surface area contributed by atoms with Crippen molar-refractivity contribution < 1.29 is 14.3 Å². The van der Waals surface area contributed by atoms with Crippen LogP contribution in [0.3, 0.4) is 0 Å². The Morgan fingerprint density at radius 1 is 1.50 bits per heavy atom. The van der Waals surface area contributed by atoms with E-state index in [1.165, 1.54) is 14.0 Å². The van der Waals surface area contributed by atoms with Crippen molar-refractivity contribution in [1.82, 2.24) is 0 Å². The normalized spacial score (nSPS) is 9.93. The molecule has 0 radical (unpaired) electrons. The molecule has 0 atom stereocenters. The molecule has 4 heteroatoms. The lowest BCUT2D eigenvalue weighted by Crippen LogP contribution is -2.04. The Labute approximate surface area is 87.6 Å². The number of ketones is 1. The average Bonchev–Trinajstić information content (AvgIpc) is 2.14. The van der Waals surface area contributed by atoms with Crippen LogP contribution in [0.2, 0.25) is 5.02 Å². The second-order valence-corrected chi connectivity index (χ2v) is 3.13. The molecule has 0 saturated heterocycles. The van der Waals surface area contributed by atoms with Gasteiger partial charge in [-0.05, 0) is 19.1 Å². The van der Waals surface area contributed by atoms with E-state index in [1.54, 1.807) is 18.2 Å². The number of rotatable bonds is 4. The van der Waals surface area contributed by atoms with E-state index >= 15 is 0 Å². The monoisotopic (exact) mass is 214 g/mol. The topological polar surface area (TPSA) is 35.5 Å². The summed E-state index contributed by atoms with van der Waals surface area (Å²) in [7, 11) is 1.51. The van der Waals surface area contributed by atoms with Gasteiger partial charge >= 0.3 is 0 Å². The molecule has 0 unspecified atom stereocenters. The van der Waals surface area contributed by atoms with E-state index in [2.05, 4.69) is 0 Å². The molecule has 0 fully saturated rings. The summed E-state index contributed by atoms with van der Waals surface area (Å²) in [6.07, 6.45) is 0.